The van der Waals surface area contributed by atoms with Gasteiger partial charge in [0, 0.05) is 33.1 Å². The Morgan fingerprint density at radius 1 is 1.19 bits per heavy atom. The number of rotatable bonds is 3. The van der Waals surface area contributed by atoms with Crippen molar-refractivity contribution >= 4 is 29.4 Å². The molecule has 142 valence electrons. The predicted molar refractivity (Wildman–Crippen MR) is 93.3 cm³/mol. The monoisotopic (exact) mass is 373 g/mol. The molecule has 2 aliphatic rings. The fraction of sp³-hybridized carbons (Fsp3) is 0.333. The molecule has 0 spiro atoms. The number of hydrogen-bond acceptors (Lipinski definition) is 7. The first-order valence-electron chi connectivity index (χ1n) is 8.35. The van der Waals surface area contributed by atoms with Crippen molar-refractivity contribution in [1.29, 1.82) is 0 Å². The van der Waals surface area contributed by atoms with Crippen LogP contribution in [0.1, 0.15) is 24.2 Å². The molecule has 2 saturated heterocycles. The summed E-state index contributed by atoms with van der Waals surface area (Å²) < 4.78 is 10.0. The molecule has 2 N–H and O–H groups in total. The Morgan fingerprint density at radius 3 is 2.52 bits per heavy atom. The smallest absolute Gasteiger partial charge is 0.350 e. The summed E-state index contributed by atoms with van der Waals surface area (Å²) in [6.07, 6.45) is 1.15. The topological polar surface area (TPSA) is 114 Å². The van der Waals surface area contributed by atoms with Crippen molar-refractivity contribution in [2.45, 2.75) is 19.6 Å². The molecule has 0 unspecified atom stereocenters. The van der Waals surface area contributed by atoms with Crippen molar-refractivity contribution < 1.29 is 28.7 Å². The highest BCUT2D eigenvalue weighted by Crippen LogP contribution is 2.23. The Kier molecular flexibility index (Phi) is 4.85. The minimum Gasteiger partial charge on any atom is -0.419 e. The first kappa shape index (κ1) is 18.4. The molecule has 0 bridgehead atoms. The van der Waals surface area contributed by atoms with Crippen LogP contribution < -0.4 is 10.6 Å². The molecule has 1 aromatic rings. The van der Waals surface area contributed by atoms with Gasteiger partial charge in [0.05, 0.1) is 17.8 Å². The number of piperazine rings is 1. The van der Waals surface area contributed by atoms with Gasteiger partial charge in [-0.15, -0.1) is 0 Å². The Balaban J connectivity index is 1.80. The van der Waals surface area contributed by atoms with Crippen molar-refractivity contribution in [1.82, 2.24) is 10.2 Å². The van der Waals surface area contributed by atoms with E-state index in [1.165, 1.54) is 18.7 Å². The predicted octanol–water partition coefficient (Wildman–Crippen LogP) is 0.390. The van der Waals surface area contributed by atoms with E-state index in [4.69, 9.17) is 9.47 Å². The highest BCUT2D eigenvalue weighted by atomic mass is 16.7. The number of ether oxygens (including phenoxy) is 2. The van der Waals surface area contributed by atoms with Gasteiger partial charge in [-0.25, -0.2) is 9.59 Å². The van der Waals surface area contributed by atoms with E-state index < -0.39 is 17.7 Å². The fourth-order valence-corrected chi connectivity index (χ4v) is 2.71. The first-order valence-corrected chi connectivity index (χ1v) is 8.35. The van der Waals surface area contributed by atoms with Crippen molar-refractivity contribution in [2.24, 2.45) is 0 Å². The molecule has 1 aromatic carbocycles. The minimum atomic E-state index is -1.33. The molecule has 2 amide bonds. The number of para-hydroxylation sites is 1. The SMILES string of the molecule is CC1(C)OC(=O)C(=CNc2ccccc2C(=O)N2CCNC(=O)C2)C(=O)O1. The number of nitrogens with zero attached hydrogens (tertiary/aromatic N) is 1. The lowest BCUT2D eigenvalue weighted by Gasteiger charge is -2.29. The van der Waals surface area contributed by atoms with E-state index in [0.29, 0.717) is 24.3 Å². The molecule has 0 aromatic heterocycles. The maximum Gasteiger partial charge on any atom is 0.350 e. The molecular weight excluding hydrogens is 354 g/mol. The zero-order valence-electron chi connectivity index (χ0n) is 14.9. The van der Waals surface area contributed by atoms with Crippen LogP contribution in [0.3, 0.4) is 0 Å². The zero-order valence-corrected chi connectivity index (χ0v) is 14.9. The van der Waals surface area contributed by atoms with E-state index in [0.717, 1.165) is 6.20 Å². The number of cyclic esters (lactones) is 2. The van der Waals surface area contributed by atoms with Gasteiger partial charge >= 0.3 is 11.9 Å². The molecule has 0 atom stereocenters. The molecule has 2 aliphatic heterocycles. The van der Waals surface area contributed by atoms with Gasteiger partial charge in [-0.2, -0.15) is 0 Å². The molecule has 3 rings (SSSR count). The maximum atomic E-state index is 12.7. The van der Waals surface area contributed by atoms with Crippen LogP contribution in [-0.2, 0) is 23.9 Å². The Hall–Kier alpha value is -3.36. The summed E-state index contributed by atoms with van der Waals surface area (Å²) in [5.74, 6) is -3.52. The second-order valence-corrected chi connectivity index (χ2v) is 6.50. The van der Waals surface area contributed by atoms with Crippen molar-refractivity contribution in [3.8, 4) is 0 Å². The van der Waals surface area contributed by atoms with Crippen LogP contribution in [0.4, 0.5) is 5.69 Å². The normalized spacial score (nSPS) is 19.0. The van der Waals surface area contributed by atoms with Gasteiger partial charge in [0.15, 0.2) is 5.57 Å². The summed E-state index contributed by atoms with van der Waals surface area (Å²) in [7, 11) is 0. The number of carbonyl (C=O) groups excluding carboxylic acids is 4. The van der Waals surface area contributed by atoms with Gasteiger partial charge in [0.2, 0.25) is 5.91 Å². The van der Waals surface area contributed by atoms with Gasteiger partial charge in [0.1, 0.15) is 0 Å². The van der Waals surface area contributed by atoms with E-state index in [1.54, 1.807) is 24.3 Å². The summed E-state index contributed by atoms with van der Waals surface area (Å²) in [5, 5.41) is 5.45. The molecule has 0 radical (unpaired) electrons. The summed E-state index contributed by atoms with van der Waals surface area (Å²) in [6, 6.07) is 6.59. The van der Waals surface area contributed by atoms with E-state index >= 15 is 0 Å². The standard InChI is InChI=1S/C18H19N3O6/c1-18(2)26-16(24)12(17(25)27-18)9-20-13-6-4-3-5-11(13)15(23)21-8-7-19-14(22)10-21/h3-6,9,20H,7-8,10H2,1-2H3,(H,19,22). The maximum absolute atomic E-state index is 12.7. The molecule has 9 heteroatoms. The van der Waals surface area contributed by atoms with Crippen LogP contribution in [0.2, 0.25) is 0 Å². The number of benzene rings is 1. The van der Waals surface area contributed by atoms with Crippen molar-refractivity contribution in [2.75, 3.05) is 25.0 Å². The minimum absolute atomic E-state index is 0.0258. The quantitative estimate of drug-likeness (QED) is 0.447. The molecule has 0 saturated carbocycles. The van der Waals surface area contributed by atoms with Crippen LogP contribution in [-0.4, -0.2) is 54.1 Å². The van der Waals surface area contributed by atoms with E-state index in [2.05, 4.69) is 10.6 Å². The molecule has 2 heterocycles. The lowest BCUT2D eigenvalue weighted by Crippen LogP contribution is -2.50. The summed E-state index contributed by atoms with van der Waals surface area (Å²) in [6.45, 7) is 3.67. The van der Waals surface area contributed by atoms with Crippen LogP contribution in [0.15, 0.2) is 36.0 Å². The lowest BCUT2D eigenvalue weighted by atomic mass is 10.1. The Morgan fingerprint density at radius 2 is 1.85 bits per heavy atom. The fourth-order valence-electron chi connectivity index (χ4n) is 2.71. The van der Waals surface area contributed by atoms with Gasteiger partial charge in [-0.1, -0.05) is 12.1 Å². The number of esters is 2. The third-order valence-electron chi connectivity index (χ3n) is 3.97. The van der Waals surface area contributed by atoms with Crippen LogP contribution in [0, 0.1) is 0 Å². The van der Waals surface area contributed by atoms with Crippen molar-refractivity contribution in [3.05, 3.63) is 41.6 Å². The Bertz CT molecular complexity index is 823. The van der Waals surface area contributed by atoms with E-state index in [9.17, 15) is 19.2 Å². The van der Waals surface area contributed by atoms with E-state index in [-0.39, 0.29) is 23.9 Å². The lowest BCUT2D eigenvalue weighted by molar-refractivity contribution is -0.222. The number of amides is 2. The van der Waals surface area contributed by atoms with Crippen LogP contribution >= 0.6 is 0 Å². The largest absolute Gasteiger partial charge is 0.419 e. The number of hydrogen-bond donors (Lipinski definition) is 2. The van der Waals surface area contributed by atoms with Gasteiger partial charge in [0.25, 0.3) is 11.7 Å². The number of nitrogens with one attached hydrogen (secondary N) is 2. The zero-order chi connectivity index (χ0) is 19.6. The molecule has 27 heavy (non-hydrogen) atoms. The third kappa shape index (κ3) is 4.08. The molecule has 9 nitrogen and oxygen atoms in total. The summed E-state index contributed by atoms with van der Waals surface area (Å²) in [4.78, 5) is 49.7. The Labute approximate surface area is 155 Å². The molecular formula is C18H19N3O6. The van der Waals surface area contributed by atoms with Gasteiger partial charge in [-0.3, -0.25) is 9.59 Å². The van der Waals surface area contributed by atoms with Gasteiger partial charge in [-0.05, 0) is 12.1 Å². The van der Waals surface area contributed by atoms with Crippen LogP contribution in [0.25, 0.3) is 0 Å². The summed E-state index contributed by atoms with van der Waals surface area (Å²) >= 11 is 0. The van der Waals surface area contributed by atoms with Crippen molar-refractivity contribution in [3.63, 3.8) is 0 Å². The highest BCUT2D eigenvalue weighted by Gasteiger charge is 2.39. The number of anilines is 1. The number of carbonyl (C=O) groups is 4. The second kappa shape index (κ2) is 7.10. The second-order valence-electron chi connectivity index (χ2n) is 6.50. The summed E-state index contributed by atoms with van der Waals surface area (Å²) in [5.41, 5.74) is 0.377. The average molecular weight is 373 g/mol. The average Bonchev–Trinajstić information content (AvgIpc) is 2.60. The highest BCUT2D eigenvalue weighted by molar-refractivity contribution is 6.15. The van der Waals surface area contributed by atoms with Gasteiger partial charge < -0.3 is 25.0 Å². The van der Waals surface area contributed by atoms with E-state index in [1.807, 2.05) is 0 Å². The molecule has 0 aliphatic carbocycles. The molecule has 2 fully saturated rings. The first-order chi connectivity index (χ1) is 12.8. The third-order valence-corrected chi connectivity index (χ3v) is 3.97. The van der Waals surface area contributed by atoms with Crippen LogP contribution in [0.5, 0.6) is 0 Å².